The quantitative estimate of drug-likeness (QED) is 0.528. The first-order valence-corrected chi connectivity index (χ1v) is 9.15. The van der Waals surface area contributed by atoms with Crippen molar-refractivity contribution < 1.29 is 24.3 Å². The van der Waals surface area contributed by atoms with Crippen LogP contribution >= 0.6 is 11.8 Å². The smallest absolute Gasteiger partial charge is 0.326 e. The number of carboxylic acid groups (broad SMARTS) is 2. The Kier molecular flexibility index (Phi) is 6.13. The number of thioether (sulfide) groups is 1. The fraction of sp³-hybridized carbons (Fsp3) is 0.444. The van der Waals surface area contributed by atoms with Crippen LogP contribution in [-0.4, -0.2) is 64.6 Å². The van der Waals surface area contributed by atoms with Gasteiger partial charge >= 0.3 is 11.9 Å². The van der Waals surface area contributed by atoms with E-state index in [-0.39, 0.29) is 12.8 Å². The van der Waals surface area contributed by atoms with Gasteiger partial charge in [-0.2, -0.15) is 0 Å². The molecule has 2 rings (SSSR count). The van der Waals surface area contributed by atoms with Gasteiger partial charge in [0.25, 0.3) is 0 Å². The van der Waals surface area contributed by atoms with Crippen LogP contribution in [0.5, 0.6) is 0 Å². The maximum Gasteiger partial charge on any atom is 0.326 e. The second-order valence-corrected chi connectivity index (χ2v) is 8.16. The summed E-state index contributed by atoms with van der Waals surface area (Å²) in [6.07, 6.45) is 1.72. The van der Waals surface area contributed by atoms with Gasteiger partial charge in [-0.25, -0.2) is 4.79 Å². The number of fused-ring (bicyclic) bond motifs is 1. The molecule has 0 spiro atoms. The molecule has 6 nitrogen and oxygen atoms in total. The van der Waals surface area contributed by atoms with Crippen LogP contribution in [0.4, 0.5) is 0 Å². The highest BCUT2D eigenvalue weighted by molar-refractivity contribution is 7.99. The minimum atomic E-state index is -1.00. The first-order valence-electron chi connectivity index (χ1n) is 8.16. The number of benzene rings is 1. The maximum atomic E-state index is 11.7. The van der Waals surface area contributed by atoms with E-state index in [1.165, 1.54) is 0 Å². The van der Waals surface area contributed by atoms with Gasteiger partial charge in [0.05, 0.1) is 32.7 Å². The van der Waals surface area contributed by atoms with Crippen LogP contribution in [0.3, 0.4) is 0 Å². The molecule has 0 aliphatic carbocycles. The fourth-order valence-electron chi connectivity index (χ4n) is 2.59. The molecule has 1 heterocycles. The van der Waals surface area contributed by atoms with Crippen molar-refractivity contribution in [3.63, 3.8) is 0 Å². The molecule has 0 bridgehead atoms. The van der Waals surface area contributed by atoms with Crippen molar-refractivity contribution in [2.24, 2.45) is 0 Å². The molecule has 0 aliphatic heterocycles. The molecule has 2 aromatic rings. The number of quaternary nitrogens is 1. The predicted octanol–water partition coefficient (Wildman–Crippen LogP) is 2.93. The molecule has 0 saturated heterocycles. The zero-order valence-corrected chi connectivity index (χ0v) is 15.6. The minimum Gasteiger partial charge on any atom is -0.481 e. The first kappa shape index (κ1) is 19.3. The molecule has 0 saturated carbocycles. The highest BCUT2D eigenvalue weighted by Crippen LogP contribution is 2.34. The zero-order valence-electron chi connectivity index (χ0n) is 14.8. The number of aliphatic carboxylic acids is 2. The third-order valence-corrected chi connectivity index (χ3v) is 5.05. The molecule has 1 atom stereocenters. The summed E-state index contributed by atoms with van der Waals surface area (Å²) >= 11 is 1.63. The van der Waals surface area contributed by atoms with Crippen LogP contribution in [-0.2, 0) is 9.59 Å². The summed E-state index contributed by atoms with van der Waals surface area (Å²) in [5.41, 5.74) is 0. The van der Waals surface area contributed by atoms with Crippen molar-refractivity contribution in [2.75, 3.05) is 33.4 Å². The number of aromatic nitrogens is 1. The van der Waals surface area contributed by atoms with Crippen molar-refractivity contribution in [1.82, 2.24) is 4.57 Å². The van der Waals surface area contributed by atoms with Crippen LogP contribution in [0.2, 0.25) is 0 Å². The van der Waals surface area contributed by atoms with E-state index in [1.807, 2.05) is 30.5 Å². The molecule has 7 heteroatoms. The lowest BCUT2D eigenvalue weighted by Crippen LogP contribution is -2.36. The Morgan fingerprint density at radius 2 is 1.88 bits per heavy atom. The molecule has 0 amide bonds. The van der Waals surface area contributed by atoms with Gasteiger partial charge in [-0.3, -0.25) is 4.79 Å². The Balaban J connectivity index is 2.37. The van der Waals surface area contributed by atoms with Crippen LogP contribution in [0.15, 0.2) is 35.5 Å². The molecule has 2 N–H and O–H groups in total. The van der Waals surface area contributed by atoms with E-state index in [2.05, 4.69) is 21.1 Å². The van der Waals surface area contributed by atoms with E-state index in [1.54, 1.807) is 16.3 Å². The molecular formula is C18H25N2O4S+. The number of carboxylic acids is 2. The maximum absolute atomic E-state index is 11.7. The van der Waals surface area contributed by atoms with Gasteiger partial charge in [0.1, 0.15) is 6.04 Å². The molecule has 1 aromatic heterocycles. The molecule has 25 heavy (non-hydrogen) atoms. The Labute approximate surface area is 151 Å². The van der Waals surface area contributed by atoms with E-state index in [4.69, 9.17) is 5.11 Å². The Bertz CT molecular complexity index is 764. The summed E-state index contributed by atoms with van der Waals surface area (Å²) in [5, 5.41) is 21.4. The zero-order chi connectivity index (χ0) is 18.6. The number of hydrogen-bond donors (Lipinski definition) is 2. The summed E-state index contributed by atoms with van der Waals surface area (Å²) in [6, 6.07) is 6.90. The van der Waals surface area contributed by atoms with E-state index < -0.39 is 18.0 Å². The lowest BCUT2D eigenvalue weighted by atomic mass is 10.1. The number of nitrogens with zero attached hydrogens (tertiary/aromatic N) is 2. The highest BCUT2D eigenvalue weighted by atomic mass is 32.2. The molecule has 0 radical (unpaired) electrons. The second kappa shape index (κ2) is 7.93. The van der Waals surface area contributed by atoms with Gasteiger partial charge in [0.2, 0.25) is 0 Å². The lowest BCUT2D eigenvalue weighted by Gasteiger charge is -2.24. The average molecular weight is 365 g/mol. The van der Waals surface area contributed by atoms with E-state index >= 15 is 0 Å². The van der Waals surface area contributed by atoms with Gasteiger partial charge in [-0.1, -0.05) is 24.3 Å². The number of carbonyl (C=O) groups is 2. The SMILES string of the molecule is C[N+](C)(C)CCSc1c2ccccc2cn1C(CCC(=O)O)C(=O)O. The van der Waals surface area contributed by atoms with Gasteiger partial charge in [-0.15, -0.1) is 11.8 Å². The van der Waals surface area contributed by atoms with Crippen LogP contribution in [0.25, 0.3) is 10.8 Å². The molecule has 136 valence electrons. The van der Waals surface area contributed by atoms with Crippen LogP contribution in [0, 0.1) is 0 Å². The normalized spacial score (nSPS) is 13.1. The molecular weight excluding hydrogens is 340 g/mol. The van der Waals surface area contributed by atoms with Crippen molar-refractivity contribution in [2.45, 2.75) is 23.9 Å². The topological polar surface area (TPSA) is 79.5 Å². The summed E-state index contributed by atoms with van der Waals surface area (Å²) in [7, 11) is 6.35. The highest BCUT2D eigenvalue weighted by Gasteiger charge is 2.24. The van der Waals surface area contributed by atoms with E-state index in [0.29, 0.717) is 0 Å². The molecule has 0 aliphatic rings. The largest absolute Gasteiger partial charge is 0.481 e. The van der Waals surface area contributed by atoms with Crippen molar-refractivity contribution in [3.05, 3.63) is 30.5 Å². The number of hydrogen-bond acceptors (Lipinski definition) is 3. The summed E-state index contributed by atoms with van der Waals surface area (Å²) in [4.78, 5) is 22.6. The van der Waals surface area contributed by atoms with E-state index in [0.717, 1.165) is 32.6 Å². The summed E-state index contributed by atoms with van der Waals surface area (Å²) in [6.45, 7) is 0.942. The van der Waals surface area contributed by atoms with Gasteiger partial charge in [0.15, 0.2) is 0 Å². The Morgan fingerprint density at radius 1 is 1.20 bits per heavy atom. The van der Waals surface area contributed by atoms with Gasteiger partial charge < -0.3 is 19.3 Å². The van der Waals surface area contributed by atoms with Crippen molar-refractivity contribution in [3.8, 4) is 0 Å². The van der Waals surface area contributed by atoms with Gasteiger partial charge in [0, 0.05) is 29.1 Å². The van der Waals surface area contributed by atoms with Gasteiger partial charge in [-0.05, 0) is 6.42 Å². The third-order valence-electron chi connectivity index (χ3n) is 3.96. The Hall–Kier alpha value is -1.99. The van der Waals surface area contributed by atoms with E-state index in [9.17, 15) is 14.7 Å². The fourth-order valence-corrected chi connectivity index (χ4v) is 4.10. The monoisotopic (exact) mass is 365 g/mol. The minimum absolute atomic E-state index is 0.0640. The summed E-state index contributed by atoms with van der Waals surface area (Å²) in [5.74, 6) is -1.14. The molecule has 0 fully saturated rings. The van der Waals surface area contributed by atoms with Crippen molar-refractivity contribution in [1.29, 1.82) is 0 Å². The number of rotatable bonds is 9. The lowest BCUT2D eigenvalue weighted by molar-refractivity contribution is -0.867. The average Bonchev–Trinajstić information content (AvgIpc) is 2.84. The summed E-state index contributed by atoms with van der Waals surface area (Å²) < 4.78 is 2.56. The second-order valence-electron chi connectivity index (χ2n) is 7.08. The molecule has 1 aromatic carbocycles. The van der Waals surface area contributed by atoms with Crippen LogP contribution < -0.4 is 0 Å². The third kappa shape index (κ3) is 5.24. The predicted molar refractivity (Wildman–Crippen MR) is 99.1 cm³/mol. The first-order chi connectivity index (χ1) is 11.7. The van der Waals surface area contributed by atoms with Crippen molar-refractivity contribution >= 4 is 34.5 Å². The Morgan fingerprint density at radius 3 is 2.48 bits per heavy atom. The van der Waals surface area contributed by atoms with Crippen LogP contribution in [0.1, 0.15) is 18.9 Å². The molecule has 1 unspecified atom stereocenters. The standard InChI is InChI=1S/C18H24N2O4S/c1-20(2,3)10-11-25-17-14-7-5-4-6-13(14)12-19(17)15(18(23)24)8-9-16(21)22/h4-7,12,15H,8-11H2,1-3H3,(H-,21,22,23,24)/p+1.